The second-order valence-electron chi connectivity index (χ2n) is 7.28. The van der Waals surface area contributed by atoms with Crippen LogP contribution in [0, 0.1) is 5.92 Å². The summed E-state index contributed by atoms with van der Waals surface area (Å²) in [4.78, 5) is 19.4. The molecule has 1 fully saturated rings. The molecule has 2 aliphatic carbocycles. The van der Waals surface area contributed by atoms with E-state index in [2.05, 4.69) is 46.4 Å². The molecule has 1 saturated carbocycles. The Kier molecular flexibility index (Phi) is 5.89. The molecule has 0 aliphatic heterocycles. The Morgan fingerprint density at radius 3 is 2.76 bits per heavy atom. The molecule has 2 aliphatic rings. The quantitative estimate of drug-likeness (QED) is 0.732. The molecule has 1 amide bonds. The van der Waals surface area contributed by atoms with E-state index in [0.29, 0.717) is 30.6 Å². The molecule has 3 rings (SSSR count). The molecule has 6 nitrogen and oxygen atoms in total. The molecule has 0 saturated heterocycles. The molecular weight excluding hydrogens is 316 g/mol. The maximum absolute atomic E-state index is 12.6. The average molecular weight is 346 g/mol. The van der Waals surface area contributed by atoms with Crippen molar-refractivity contribution >= 4 is 5.91 Å². The predicted molar refractivity (Wildman–Crippen MR) is 95.7 cm³/mol. The van der Waals surface area contributed by atoms with Crippen LogP contribution in [-0.2, 0) is 16.9 Å². The van der Waals surface area contributed by atoms with Crippen LogP contribution in [-0.4, -0.2) is 34.0 Å². The lowest BCUT2D eigenvalue weighted by atomic mass is 9.95. The Hall–Kier alpha value is -1.69. The summed E-state index contributed by atoms with van der Waals surface area (Å²) in [5.74, 6) is 1.77. The number of hydrogen-bond acceptors (Lipinski definition) is 5. The van der Waals surface area contributed by atoms with Crippen molar-refractivity contribution in [3.05, 3.63) is 23.9 Å². The normalized spacial score (nSPS) is 22.0. The Bertz CT molecular complexity index is 600. The topological polar surface area (TPSA) is 71.3 Å². The first-order valence-corrected chi connectivity index (χ1v) is 9.68. The van der Waals surface area contributed by atoms with E-state index in [9.17, 15) is 4.79 Å². The molecule has 0 spiro atoms. The van der Waals surface area contributed by atoms with Crippen LogP contribution in [0.1, 0.15) is 70.5 Å². The second kappa shape index (κ2) is 8.13. The van der Waals surface area contributed by atoms with Gasteiger partial charge in [-0.3, -0.25) is 9.69 Å². The zero-order chi connectivity index (χ0) is 17.7. The summed E-state index contributed by atoms with van der Waals surface area (Å²) in [6.07, 6.45) is 11.0. The third kappa shape index (κ3) is 4.29. The van der Waals surface area contributed by atoms with Crippen LogP contribution in [0.5, 0.6) is 0 Å². The summed E-state index contributed by atoms with van der Waals surface area (Å²) in [7, 11) is 0. The van der Waals surface area contributed by atoms with Gasteiger partial charge in [0.25, 0.3) is 0 Å². The van der Waals surface area contributed by atoms with E-state index in [4.69, 9.17) is 4.52 Å². The van der Waals surface area contributed by atoms with Gasteiger partial charge in [-0.1, -0.05) is 44.0 Å². The Morgan fingerprint density at radius 1 is 1.36 bits per heavy atom. The highest BCUT2D eigenvalue weighted by Crippen LogP contribution is 2.37. The van der Waals surface area contributed by atoms with Gasteiger partial charge in [0.05, 0.1) is 6.54 Å². The van der Waals surface area contributed by atoms with Gasteiger partial charge in [0.15, 0.2) is 5.82 Å². The molecule has 0 radical (unpaired) electrons. The minimum atomic E-state index is -0.440. The number of aromatic nitrogens is 2. The maximum Gasteiger partial charge on any atom is 0.240 e. The molecular formula is C19H30N4O2. The zero-order valence-electron chi connectivity index (χ0n) is 15.5. The Morgan fingerprint density at radius 2 is 2.12 bits per heavy atom. The van der Waals surface area contributed by atoms with E-state index in [1.165, 1.54) is 0 Å². The molecule has 0 bridgehead atoms. The SMILES string of the molecule is CCN(CC)Cc1nc(C2(NC(=O)C[C@@H]3C=CCC3)CCCC2)no1. The highest BCUT2D eigenvalue weighted by Gasteiger charge is 2.41. The van der Waals surface area contributed by atoms with Crippen molar-refractivity contribution < 1.29 is 9.32 Å². The number of rotatable bonds is 8. The smallest absolute Gasteiger partial charge is 0.240 e. The summed E-state index contributed by atoms with van der Waals surface area (Å²) < 4.78 is 5.49. The van der Waals surface area contributed by atoms with Gasteiger partial charge in [-0.2, -0.15) is 4.98 Å². The van der Waals surface area contributed by atoms with Crippen LogP contribution in [0.4, 0.5) is 0 Å². The standard InChI is InChI=1S/C19H30N4O2/c1-3-23(4-2)14-17-20-18(22-25-17)19(11-7-8-12-19)21-16(24)13-15-9-5-6-10-15/h5,9,15H,3-4,6-8,10-14H2,1-2H3,(H,21,24)/t15-/m1/s1. The van der Waals surface area contributed by atoms with Gasteiger partial charge in [-0.15, -0.1) is 0 Å². The number of carbonyl (C=O) groups is 1. The lowest BCUT2D eigenvalue weighted by Crippen LogP contribution is -2.45. The van der Waals surface area contributed by atoms with Gasteiger partial charge in [-0.25, -0.2) is 0 Å². The first kappa shape index (κ1) is 18.1. The van der Waals surface area contributed by atoms with Crippen LogP contribution in [0.2, 0.25) is 0 Å². The first-order valence-electron chi connectivity index (χ1n) is 9.68. The Balaban J connectivity index is 1.68. The number of carbonyl (C=O) groups excluding carboxylic acids is 1. The number of nitrogens with zero attached hydrogens (tertiary/aromatic N) is 3. The van der Waals surface area contributed by atoms with E-state index >= 15 is 0 Å². The van der Waals surface area contributed by atoms with Crippen molar-refractivity contribution in [2.45, 2.75) is 70.9 Å². The summed E-state index contributed by atoms with van der Waals surface area (Å²) in [5.41, 5.74) is -0.440. The van der Waals surface area contributed by atoms with Crippen LogP contribution >= 0.6 is 0 Å². The maximum atomic E-state index is 12.6. The molecule has 25 heavy (non-hydrogen) atoms. The number of hydrogen-bond donors (Lipinski definition) is 1. The molecule has 0 unspecified atom stereocenters. The minimum Gasteiger partial charge on any atom is -0.343 e. The first-order chi connectivity index (χ1) is 12.1. The lowest BCUT2D eigenvalue weighted by molar-refractivity contribution is -0.123. The lowest BCUT2D eigenvalue weighted by Gasteiger charge is -2.27. The third-order valence-corrected chi connectivity index (χ3v) is 5.55. The second-order valence-corrected chi connectivity index (χ2v) is 7.28. The monoisotopic (exact) mass is 346 g/mol. The molecule has 138 valence electrons. The van der Waals surface area contributed by atoms with Crippen molar-refractivity contribution in [2.75, 3.05) is 13.1 Å². The molecule has 1 heterocycles. The van der Waals surface area contributed by atoms with E-state index in [1.54, 1.807) is 0 Å². The van der Waals surface area contributed by atoms with Gasteiger partial charge in [-0.05, 0) is 44.7 Å². The van der Waals surface area contributed by atoms with E-state index in [-0.39, 0.29) is 5.91 Å². The third-order valence-electron chi connectivity index (χ3n) is 5.55. The van der Waals surface area contributed by atoms with Gasteiger partial charge >= 0.3 is 0 Å². The van der Waals surface area contributed by atoms with Crippen LogP contribution in [0.25, 0.3) is 0 Å². The Labute approximate surface area is 150 Å². The highest BCUT2D eigenvalue weighted by molar-refractivity contribution is 5.77. The zero-order valence-corrected chi connectivity index (χ0v) is 15.5. The molecule has 6 heteroatoms. The highest BCUT2D eigenvalue weighted by atomic mass is 16.5. The number of nitrogens with one attached hydrogen (secondary N) is 1. The van der Waals surface area contributed by atoms with Crippen molar-refractivity contribution in [3.63, 3.8) is 0 Å². The molecule has 1 atom stereocenters. The summed E-state index contributed by atoms with van der Waals surface area (Å²) in [6, 6.07) is 0. The predicted octanol–water partition coefficient (Wildman–Crippen LogP) is 3.15. The molecule has 1 N–H and O–H groups in total. The fourth-order valence-electron chi connectivity index (χ4n) is 3.96. The van der Waals surface area contributed by atoms with Gasteiger partial charge in [0, 0.05) is 6.42 Å². The fourth-order valence-corrected chi connectivity index (χ4v) is 3.96. The van der Waals surface area contributed by atoms with E-state index in [1.807, 2.05) is 0 Å². The van der Waals surface area contributed by atoms with Gasteiger partial charge < -0.3 is 9.84 Å². The fraction of sp³-hybridized carbons (Fsp3) is 0.737. The van der Waals surface area contributed by atoms with Crippen LogP contribution in [0.3, 0.4) is 0 Å². The van der Waals surface area contributed by atoms with Crippen LogP contribution in [0.15, 0.2) is 16.7 Å². The van der Waals surface area contributed by atoms with Crippen molar-refractivity contribution in [1.82, 2.24) is 20.4 Å². The van der Waals surface area contributed by atoms with Crippen molar-refractivity contribution in [3.8, 4) is 0 Å². The summed E-state index contributed by atoms with van der Waals surface area (Å²) >= 11 is 0. The number of amides is 1. The van der Waals surface area contributed by atoms with Crippen molar-refractivity contribution in [2.24, 2.45) is 5.92 Å². The van der Waals surface area contributed by atoms with E-state index < -0.39 is 5.54 Å². The van der Waals surface area contributed by atoms with Crippen LogP contribution < -0.4 is 5.32 Å². The van der Waals surface area contributed by atoms with Crippen molar-refractivity contribution in [1.29, 1.82) is 0 Å². The summed E-state index contributed by atoms with van der Waals surface area (Å²) in [6.45, 7) is 6.81. The largest absolute Gasteiger partial charge is 0.343 e. The molecule has 1 aromatic rings. The van der Waals surface area contributed by atoms with E-state index in [0.717, 1.165) is 51.6 Å². The van der Waals surface area contributed by atoms with Gasteiger partial charge in [0.2, 0.25) is 11.8 Å². The van der Waals surface area contributed by atoms with Gasteiger partial charge in [0.1, 0.15) is 5.54 Å². The molecule has 0 aromatic carbocycles. The summed E-state index contributed by atoms with van der Waals surface area (Å²) in [5, 5.41) is 7.49. The average Bonchev–Trinajstić information content (AvgIpc) is 3.34. The molecule has 1 aromatic heterocycles. The minimum absolute atomic E-state index is 0.105. The number of allylic oxidation sites excluding steroid dienone is 2.